The molecule has 5 rings (SSSR count). The number of hydrogen-bond donors (Lipinski definition) is 0. The fraction of sp³-hybridized carbons (Fsp3) is 0.238. The molecule has 0 unspecified atom stereocenters. The van der Waals surface area contributed by atoms with Gasteiger partial charge in [0.25, 0.3) is 0 Å². The van der Waals surface area contributed by atoms with Crippen molar-refractivity contribution < 1.29 is 9.15 Å². The first-order valence-electron chi connectivity index (χ1n) is 9.13. The van der Waals surface area contributed by atoms with E-state index < -0.39 is 0 Å². The Bertz CT molecular complexity index is 1030. The van der Waals surface area contributed by atoms with Gasteiger partial charge in [-0.3, -0.25) is 4.90 Å². The van der Waals surface area contributed by atoms with Gasteiger partial charge in [-0.2, -0.15) is 0 Å². The SMILES string of the molecule is c1ccc(-c2ccc3c([C@H]4CN(Cc5ccco5)CCO4)nnn3c2)cc1. The molecule has 1 aliphatic heterocycles. The number of benzene rings is 1. The molecule has 3 aromatic heterocycles. The van der Waals surface area contributed by atoms with Gasteiger partial charge in [-0.25, -0.2) is 4.52 Å². The third-order valence-electron chi connectivity index (χ3n) is 4.96. The molecule has 6 heteroatoms. The number of furan rings is 1. The lowest BCUT2D eigenvalue weighted by Crippen LogP contribution is -2.37. The molecule has 0 spiro atoms. The number of morpholine rings is 1. The van der Waals surface area contributed by atoms with E-state index in [2.05, 4.69) is 39.5 Å². The highest BCUT2D eigenvalue weighted by atomic mass is 16.5. The van der Waals surface area contributed by atoms with Gasteiger partial charge in [0, 0.05) is 24.8 Å². The minimum absolute atomic E-state index is 0.0891. The molecule has 4 heterocycles. The lowest BCUT2D eigenvalue weighted by molar-refractivity contribution is -0.0360. The maximum atomic E-state index is 6.01. The van der Waals surface area contributed by atoms with Crippen LogP contribution in [0.1, 0.15) is 17.6 Å². The van der Waals surface area contributed by atoms with E-state index in [4.69, 9.17) is 9.15 Å². The van der Waals surface area contributed by atoms with Crippen LogP contribution in [-0.4, -0.2) is 39.4 Å². The van der Waals surface area contributed by atoms with Crippen LogP contribution in [0.2, 0.25) is 0 Å². The van der Waals surface area contributed by atoms with E-state index in [1.807, 2.05) is 41.0 Å². The molecule has 136 valence electrons. The summed E-state index contributed by atoms with van der Waals surface area (Å²) in [6.07, 6.45) is 3.64. The molecule has 27 heavy (non-hydrogen) atoms. The van der Waals surface area contributed by atoms with Crippen LogP contribution in [0.5, 0.6) is 0 Å². The maximum absolute atomic E-state index is 6.01. The van der Waals surface area contributed by atoms with Crippen LogP contribution in [0.15, 0.2) is 71.5 Å². The van der Waals surface area contributed by atoms with Crippen LogP contribution < -0.4 is 0 Å². The van der Waals surface area contributed by atoms with Gasteiger partial charge in [0.2, 0.25) is 0 Å². The van der Waals surface area contributed by atoms with Crippen LogP contribution in [0.25, 0.3) is 16.6 Å². The fourth-order valence-corrected chi connectivity index (χ4v) is 3.58. The second-order valence-electron chi connectivity index (χ2n) is 6.76. The fourth-order valence-electron chi connectivity index (χ4n) is 3.58. The Morgan fingerprint density at radius 2 is 1.93 bits per heavy atom. The zero-order valence-electron chi connectivity index (χ0n) is 14.9. The summed E-state index contributed by atoms with van der Waals surface area (Å²) in [6, 6.07) is 18.4. The third kappa shape index (κ3) is 3.25. The summed E-state index contributed by atoms with van der Waals surface area (Å²) in [7, 11) is 0. The summed E-state index contributed by atoms with van der Waals surface area (Å²) in [6.45, 7) is 3.11. The molecular weight excluding hydrogens is 340 g/mol. The smallest absolute Gasteiger partial charge is 0.121 e. The Kier molecular flexibility index (Phi) is 4.20. The van der Waals surface area contributed by atoms with E-state index in [1.165, 1.54) is 0 Å². The molecule has 0 aliphatic carbocycles. The molecule has 1 fully saturated rings. The molecular formula is C21H20N4O2. The molecule has 1 atom stereocenters. The molecule has 4 aromatic rings. The summed E-state index contributed by atoms with van der Waals surface area (Å²) >= 11 is 0. The quantitative estimate of drug-likeness (QED) is 0.557. The average Bonchev–Trinajstić information content (AvgIpc) is 3.38. The van der Waals surface area contributed by atoms with Crippen molar-refractivity contribution in [1.29, 1.82) is 0 Å². The predicted octanol–water partition coefficient (Wildman–Crippen LogP) is 3.56. The Labute approximate surface area is 157 Å². The molecule has 1 aliphatic rings. The Morgan fingerprint density at radius 3 is 2.78 bits per heavy atom. The number of nitrogens with zero attached hydrogens (tertiary/aromatic N) is 4. The van der Waals surface area contributed by atoms with Crippen molar-refractivity contribution >= 4 is 5.52 Å². The first-order chi connectivity index (χ1) is 13.4. The van der Waals surface area contributed by atoms with Crippen molar-refractivity contribution in [2.24, 2.45) is 0 Å². The second-order valence-corrected chi connectivity index (χ2v) is 6.76. The molecule has 0 N–H and O–H groups in total. The van der Waals surface area contributed by atoms with Gasteiger partial charge in [-0.15, -0.1) is 5.10 Å². The van der Waals surface area contributed by atoms with Gasteiger partial charge >= 0.3 is 0 Å². The van der Waals surface area contributed by atoms with Crippen LogP contribution in [0.3, 0.4) is 0 Å². The summed E-state index contributed by atoms with van der Waals surface area (Å²) < 4.78 is 13.3. The van der Waals surface area contributed by atoms with Crippen LogP contribution in [0, 0.1) is 0 Å². The number of hydrogen-bond acceptors (Lipinski definition) is 5. The van der Waals surface area contributed by atoms with Crippen LogP contribution >= 0.6 is 0 Å². The Balaban J connectivity index is 1.39. The van der Waals surface area contributed by atoms with Gasteiger partial charge in [0.15, 0.2) is 0 Å². The maximum Gasteiger partial charge on any atom is 0.121 e. The normalized spacial score (nSPS) is 18.1. The van der Waals surface area contributed by atoms with E-state index in [-0.39, 0.29) is 6.10 Å². The van der Waals surface area contributed by atoms with Gasteiger partial charge in [-0.05, 0) is 23.8 Å². The van der Waals surface area contributed by atoms with Gasteiger partial charge < -0.3 is 9.15 Å². The molecule has 1 saturated heterocycles. The monoisotopic (exact) mass is 360 g/mol. The van der Waals surface area contributed by atoms with Gasteiger partial charge in [0.05, 0.1) is 24.9 Å². The molecule has 1 aromatic carbocycles. The Hall–Kier alpha value is -2.96. The highest BCUT2D eigenvalue weighted by Crippen LogP contribution is 2.27. The van der Waals surface area contributed by atoms with Crippen molar-refractivity contribution in [2.45, 2.75) is 12.6 Å². The Morgan fingerprint density at radius 1 is 1.00 bits per heavy atom. The van der Waals surface area contributed by atoms with E-state index in [0.29, 0.717) is 6.61 Å². The lowest BCUT2D eigenvalue weighted by Gasteiger charge is -2.31. The van der Waals surface area contributed by atoms with Gasteiger partial charge in [0.1, 0.15) is 17.6 Å². The summed E-state index contributed by atoms with van der Waals surface area (Å²) in [5.74, 6) is 0.968. The number of rotatable bonds is 4. The zero-order chi connectivity index (χ0) is 18.1. The largest absolute Gasteiger partial charge is 0.468 e. The number of aromatic nitrogens is 3. The summed E-state index contributed by atoms with van der Waals surface area (Å²) in [5, 5.41) is 8.75. The zero-order valence-corrected chi connectivity index (χ0v) is 14.9. The molecule has 0 saturated carbocycles. The summed E-state index contributed by atoms with van der Waals surface area (Å²) in [5.41, 5.74) is 4.15. The van der Waals surface area contributed by atoms with E-state index in [0.717, 1.165) is 47.7 Å². The van der Waals surface area contributed by atoms with Crippen LogP contribution in [-0.2, 0) is 11.3 Å². The van der Waals surface area contributed by atoms with Crippen molar-refractivity contribution in [3.05, 3.63) is 78.5 Å². The highest BCUT2D eigenvalue weighted by molar-refractivity contribution is 5.66. The topological polar surface area (TPSA) is 55.8 Å². The number of pyridine rings is 1. The lowest BCUT2D eigenvalue weighted by atomic mass is 10.1. The third-order valence-corrected chi connectivity index (χ3v) is 4.96. The predicted molar refractivity (Wildman–Crippen MR) is 101 cm³/mol. The van der Waals surface area contributed by atoms with Crippen molar-refractivity contribution in [3.8, 4) is 11.1 Å². The number of ether oxygens (including phenoxy) is 1. The van der Waals surface area contributed by atoms with E-state index >= 15 is 0 Å². The minimum atomic E-state index is -0.0891. The van der Waals surface area contributed by atoms with Crippen molar-refractivity contribution in [2.75, 3.05) is 19.7 Å². The van der Waals surface area contributed by atoms with E-state index in [1.54, 1.807) is 6.26 Å². The molecule has 0 radical (unpaired) electrons. The minimum Gasteiger partial charge on any atom is -0.468 e. The number of fused-ring (bicyclic) bond motifs is 1. The van der Waals surface area contributed by atoms with Gasteiger partial charge in [-0.1, -0.05) is 41.6 Å². The molecule has 0 bridgehead atoms. The first kappa shape index (κ1) is 16.2. The molecule has 0 amide bonds. The second kappa shape index (κ2) is 6.98. The first-order valence-corrected chi connectivity index (χ1v) is 9.13. The highest BCUT2D eigenvalue weighted by Gasteiger charge is 2.26. The summed E-state index contributed by atoms with van der Waals surface area (Å²) in [4.78, 5) is 2.33. The van der Waals surface area contributed by atoms with Crippen molar-refractivity contribution in [1.82, 2.24) is 19.7 Å². The average molecular weight is 360 g/mol. The van der Waals surface area contributed by atoms with Crippen molar-refractivity contribution in [3.63, 3.8) is 0 Å². The van der Waals surface area contributed by atoms with E-state index in [9.17, 15) is 0 Å². The van der Waals surface area contributed by atoms with Crippen LogP contribution in [0.4, 0.5) is 0 Å². The standard InChI is InChI=1S/C21H20N4O2/c1-2-5-16(6-3-1)17-8-9-19-21(22-23-25(19)13-17)20-15-24(10-12-27-20)14-18-7-4-11-26-18/h1-9,11,13,20H,10,12,14-15H2/t20-/m1/s1. The molecule has 6 nitrogen and oxygen atoms in total.